The number of hydrogen-bond acceptors (Lipinski definition) is 3. The molecule has 1 amide bonds. The van der Waals surface area contributed by atoms with E-state index < -0.39 is 0 Å². The number of nitrogens with zero attached hydrogens (tertiary/aromatic N) is 1. The molecule has 110 valence electrons. The van der Waals surface area contributed by atoms with E-state index in [1.54, 1.807) is 0 Å². The summed E-state index contributed by atoms with van der Waals surface area (Å²) in [5.41, 5.74) is 0.874. The van der Waals surface area contributed by atoms with E-state index in [-0.39, 0.29) is 11.3 Å². The van der Waals surface area contributed by atoms with Gasteiger partial charge in [-0.1, -0.05) is 12.1 Å². The smallest absolute Gasteiger partial charge is 0.229 e. The van der Waals surface area contributed by atoms with Crippen LogP contribution >= 0.6 is 0 Å². The maximum Gasteiger partial charge on any atom is 0.229 e. The van der Waals surface area contributed by atoms with Crippen LogP contribution in [0.4, 0.5) is 0 Å². The number of amides is 1. The van der Waals surface area contributed by atoms with E-state index in [1.807, 2.05) is 50.1 Å². The Morgan fingerprint density at radius 2 is 2.10 bits per heavy atom. The van der Waals surface area contributed by atoms with Crippen molar-refractivity contribution in [2.45, 2.75) is 26.8 Å². The minimum Gasteiger partial charge on any atom is -0.494 e. The zero-order valence-electron chi connectivity index (χ0n) is 12.6. The highest BCUT2D eigenvalue weighted by atomic mass is 16.5. The second kappa shape index (κ2) is 6.27. The first-order valence-corrected chi connectivity index (χ1v) is 7.23. The number of ether oxygens (including phenoxy) is 1. The molecule has 0 aliphatic carbocycles. The lowest BCUT2D eigenvalue weighted by molar-refractivity contribution is -0.139. The van der Waals surface area contributed by atoms with Gasteiger partial charge < -0.3 is 15.0 Å². The first-order chi connectivity index (χ1) is 9.55. The molecule has 1 aliphatic rings. The van der Waals surface area contributed by atoms with Gasteiger partial charge in [-0.2, -0.15) is 0 Å². The molecule has 1 N–H and O–H groups in total. The van der Waals surface area contributed by atoms with Gasteiger partial charge in [-0.25, -0.2) is 0 Å². The van der Waals surface area contributed by atoms with Gasteiger partial charge in [0.15, 0.2) is 0 Å². The minimum absolute atomic E-state index is 0.219. The van der Waals surface area contributed by atoms with Gasteiger partial charge in [-0.3, -0.25) is 4.79 Å². The van der Waals surface area contributed by atoms with E-state index in [4.69, 9.17) is 4.74 Å². The first kappa shape index (κ1) is 14.9. The summed E-state index contributed by atoms with van der Waals surface area (Å²) in [4.78, 5) is 14.3. The van der Waals surface area contributed by atoms with E-state index >= 15 is 0 Å². The topological polar surface area (TPSA) is 41.6 Å². The molecule has 1 aliphatic heterocycles. The first-order valence-electron chi connectivity index (χ1n) is 7.23. The Morgan fingerprint density at radius 1 is 1.40 bits per heavy atom. The molecule has 1 saturated heterocycles. The monoisotopic (exact) mass is 276 g/mol. The Labute approximate surface area is 121 Å². The third-order valence-electron chi connectivity index (χ3n) is 3.89. The van der Waals surface area contributed by atoms with Crippen molar-refractivity contribution in [3.8, 4) is 5.75 Å². The fraction of sp³-hybridized carbons (Fsp3) is 0.562. The van der Waals surface area contributed by atoms with Gasteiger partial charge in [0.05, 0.1) is 12.0 Å². The summed E-state index contributed by atoms with van der Waals surface area (Å²) in [7, 11) is 1.88. The predicted octanol–water partition coefficient (Wildman–Crippen LogP) is 2.04. The normalized spacial score (nSPS) is 21.8. The van der Waals surface area contributed by atoms with E-state index in [2.05, 4.69) is 5.32 Å². The number of carbonyl (C=O) groups excluding carboxylic acids is 1. The van der Waals surface area contributed by atoms with Crippen molar-refractivity contribution >= 4 is 5.91 Å². The summed E-state index contributed by atoms with van der Waals surface area (Å²) in [6.07, 6.45) is 0.916. The average molecular weight is 276 g/mol. The molecule has 4 heteroatoms. The summed E-state index contributed by atoms with van der Waals surface area (Å²) in [6, 6.07) is 7.94. The van der Waals surface area contributed by atoms with Gasteiger partial charge >= 0.3 is 0 Å². The lowest BCUT2D eigenvalue weighted by Crippen LogP contribution is -2.41. The molecule has 1 aromatic carbocycles. The maximum atomic E-state index is 12.5. The highest BCUT2D eigenvalue weighted by Gasteiger charge is 2.38. The van der Waals surface area contributed by atoms with Crippen molar-refractivity contribution in [3.05, 3.63) is 29.8 Å². The number of carbonyl (C=O) groups is 1. The van der Waals surface area contributed by atoms with Crippen LogP contribution < -0.4 is 10.1 Å². The largest absolute Gasteiger partial charge is 0.494 e. The van der Waals surface area contributed by atoms with E-state index in [1.165, 1.54) is 0 Å². The molecule has 1 heterocycles. The van der Waals surface area contributed by atoms with Crippen molar-refractivity contribution in [1.29, 1.82) is 0 Å². The molecule has 0 radical (unpaired) electrons. The van der Waals surface area contributed by atoms with Gasteiger partial charge in [0.25, 0.3) is 0 Å². The Bertz CT molecular complexity index is 450. The summed E-state index contributed by atoms with van der Waals surface area (Å²) in [5, 5.41) is 3.27. The van der Waals surface area contributed by atoms with Crippen LogP contribution in [0.2, 0.25) is 0 Å². The van der Waals surface area contributed by atoms with E-state index in [0.717, 1.165) is 30.8 Å². The predicted molar refractivity (Wildman–Crippen MR) is 79.7 cm³/mol. The number of rotatable bonds is 5. The lowest BCUT2D eigenvalue weighted by atomic mass is 9.88. The minimum atomic E-state index is -0.250. The van der Waals surface area contributed by atoms with Crippen LogP contribution in [-0.2, 0) is 11.3 Å². The molecule has 20 heavy (non-hydrogen) atoms. The Kier molecular flexibility index (Phi) is 4.65. The fourth-order valence-corrected chi connectivity index (χ4v) is 2.66. The molecule has 1 aromatic rings. The van der Waals surface area contributed by atoms with Crippen LogP contribution in [0, 0.1) is 5.41 Å². The Balaban J connectivity index is 1.96. The third kappa shape index (κ3) is 3.31. The second-order valence-corrected chi connectivity index (χ2v) is 5.73. The second-order valence-electron chi connectivity index (χ2n) is 5.73. The Morgan fingerprint density at radius 3 is 2.65 bits per heavy atom. The van der Waals surface area contributed by atoms with Crippen LogP contribution in [0.25, 0.3) is 0 Å². The van der Waals surface area contributed by atoms with Crippen molar-refractivity contribution < 1.29 is 9.53 Å². The summed E-state index contributed by atoms with van der Waals surface area (Å²) in [5.74, 6) is 1.09. The summed E-state index contributed by atoms with van der Waals surface area (Å²) < 4.78 is 5.42. The van der Waals surface area contributed by atoms with E-state index in [9.17, 15) is 4.79 Å². The van der Waals surface area contributed by atoms with Crippen molar-refractivity contribution in [1.82, 2.24) is 10.2 Å². The third-order valence-corrected chi connectivity index (χ3v) is 3.89. The molecule has 0 aromatic heterocycles. The number of benzene rings is 1. The van der Waals surface area contributed by atoms with Crippen LogP contribution in [0.5, 0.6) is 5.75 Å². The fourth-order valence-electron chi connectivity index (χ4n) is 2.66. The lowest BCUT2D eigenvalue weighted by Gasteiger charge is -2.28. The van der Waals surface area contributed by atoms with Gasteiger partial charge in [-0.15, -0.1) is 0 Å². The molecule has 1 atom stereocenters. The van der Waals surface area contributed by atoms with Crippen LogP contribution in [0.1, 0.15) is 25.8 Å². The maximum absolute atomic E-state index is 12.5. The molecule has 1 unspecified atom stereocenters. The quantitative estimate of drug-likeness (QED) is 0.895. The van der Waals surface area contributed by atoms with Gasteiger partial charge in [0, 0.05) is 20.1 Å². The molecular weight excluding hydrogens is 252 g/mol. The molecule has 0 spiro atoms. The molecule has 1 fully saturated rings. The zero-order chi connectivity index (χ0) is 14.6. The van der Waals surface area contributed by atoms with Gasteiger partial charge in [0.2, 0.25) is 5.91 Å². The molecule has 4 nitrogen and oxygen atoms in total. The van der Waals surface area contributed by atoms with Crippen molar-refractivity contribution in [3.63, 3.8) is 0 Å². The molecule has 2 rings (SSSR count). The standard InChI is InChI=1S/C16H24N2O2/c1-4-20-14-7-5-13(6-8-14)11-18(3)15(19)16(2)9-10-17-12-16/h5-8,17H,4,9-12H2,1-3H3. The van der Waals surface area contributed by atoms with Gasteiger partial charge in [0.1, 0.15) is 5.75 Å². The number of nitrogens with one attached hydrogen (secondary N) is 1. The molecular formula is C16H24N2O2. The zero-order valence-corrected chi connectivity index (χ0v) is 12.6. The van der Waals surface area contributed by atoms with Crippen LogP contribution in [0.15, 0.2) is 24.3 Å². The SMILES string of the molecule is CCOc1ccc(CN(C)C(=O)C2(C)CCNC2)cc1. The van der Waals surface area contributed by atoms with Crippen molar-refractivity contribution in [2.75, 3.05) is 26.7 Å². The summed E-state index contributed by atoms with van der Waals surface area (Å²) >= 11 is 0. The average Bonchev–Trinajstić information content (AvgIpc) is 2.88. The Hall–Kier alpha value is -1.55. The van der Waals surface area contributed by atoms with E-state index in [0.29, 0.717) is 13.2 Å². The molecule has 0 saturated carbocycles. The van der Waals surface area contributed by atoms with Gasteiger partial charge in [-0.05, 0) is 44.5 Å². The molecule has 0 bridgehead atoms. The number of hydrogen-bond donors (Lipinski definition) is 1. The van der Waals surface area contributed by atoms with Crippen LogP contribution in [0.3, 0.4) is 0 Å². The highest BCUT2D eigenvalue weighted by Crippen LogP contribution is 2.27. The summed E-state index contributed by atoms with van der Waals surface area (Å²) in [6.45, 7) is 7.03. The highest BCUT2D eigenvalue weighted by molar-refractivity contribution is 5.82. The van der Waals surface area contributed by atoms with Crippen LogP contribution in [-0.4, -0.2) is 37.6 Å². The van der Waals surface area contributed by atoms with Crippen molar-refractivity contribution in [2.24, 2.45) is 5.41 Å².